The van der Waals surface area contributed by atoms with Crippen molar-refractivity contribution in [2.45, 2.75) is 61.2 Å². The highest BCUT2D eigenvalue weighted by Crippen LogP contribution is 2.34. The van der Waals surface area contributed by atoms with Gasteiger partial charge in [-0.3, -0.25) is 4.98 Å². The summed E-state index contributed by atoms with van der Waals surface area (Å²) >= 11 is 0. The molecule has 2 aromatic carbocycles. The van der Waals surface area contributed by atoms with Crippen molar-refractivity contribution >= 4 is 21.8 Å². The Kier molecular flexibility index (Phi) is 7.02. The summed E-state index contributed by atoms with van der Waals surface area (Å²) in [5, 5.41) is 0. The molecule has 5 rings (SSSR count). The van der Waals surface area contributed by atoms with E-state index in [9.17, 15) is 4.21 Å². The molecule has 1 aliphatic rings. The number of hydrogen-bond donors (Lipinski definition) is 0. The predicted molar refractivity (Wildman–Crippen MR) is 132 cm³/mol. The van der Waals surface area contributed by atoms with Gasteiger partial charge >= 0.3 is 0 Å². The van der Waals surface area contributed by atoms with Crippen molar-refractivity contribution in [2.24, 2.45) is 0 Å². The molecule has 2 heterocycles. The molecular weight excluding hydrogens is 446 g/mol. The first-order valence-electron chi connectivity index (χ1n) is 11.8. The third-order valence-electron chi connectivity index (χ3n) is 6.27. The fourth-order valence-electron chi connectivity index (χ4n) is 4.56. The Hall–Kier alpha value is -3.03. The molecule has 0 spiro atoms. The van der Waals surface area contributed by atoms with Crippen LogP contribution in [0.25, 0.3) is 11.0 Å². The summed E-state index contributed by atoms with van der Waals surface area (Å²) in [5.74, 6) is 1.57. The topological polar surface area (TPSA) is 66.2 Å². The molecule has 6 nitrogen and oxygen atoms in total. The Morgan fingerprint density at radius 1 is 1.03 bits per heavy atom. The van der Waals surface area contributed by atoms with E-state index in [2.05, 4.69) is 21.7 Å². The normalized spacial score (nSPS) is 15.4. The lowest BCUT2D eigenvalue weighted by Crippen LogP contribution is -2.20. The maximum Gasteiger partial charge on any atom is 0.138 e. The van der Waals surface area contributed by atoms with Gasteiger partial charge in [-0.1, -0.05) is 36.8 Å². The molecule has 0 aliphatic heterocycles. The van der Waals surface area contributed by atoms with Gasteiger partial charge in [0, 0.05) is 36.9 Å². The average molecular weight is 476 g/mol. The quantitative estimate of drug-likeness (QED) is 0.336. The molecule has 1 aliphatic carbocycles. The average Bonchev–Trinajstić information content (AvgIpc) is 3.21. The summed E-state index contributed by atoms with van der Waals surface area (Å²) in [6.07, 6.45) is 9.78. The van der Waals surface area contributed by atoms with Gasteiger partial charge in [0.05, 0.1) is 32.8 Å². The summed E-state index contributed by atoms with van der Waals surface area (Å²) in [6.45, 7) is 0.383. The molecule has 0 bridgehead atoms. The summed E-state index contributed by atoms with van der Waals surface area (Å²) in [7, 11) is 0.282. The number of hydrogen-bond acceptors (Lipinski definition) is 5. The van der Waals surface area contributed by atoms with Crippen LogP contribution in [0.1, 0.15) is 43.5 Å². The Balaban J connectivity index is 1.61. The Labute approximate surface area is 202 Å². The molecular formula is C27H29N3O3S. The lowest BCUT2D eigenvalue weighted by Gasteiger charge is -2.24. The van der Waals surface area contributed by atoms with Crippen LogP contribution in [0.15, 0.2) is 76.8 Å². The van der Waals surface area contributed by atoms with Crippen LogP contribution in [0.2, 0.25) is 0 Å². The summed E-state index contributed by atoms with van der Waals surface area (Å²) < 4.78 is 27.7. The Bertz CT molecular complexity index is 1270. The van der Waals surface area contributed by atoms with Crippen LogP contribution < -0.4 is 4.74 Å². The molecule has 7 heteroatoms. The van der Waals surface area contributed by atoms with E-state index in [1.165, 1.54) is 24.8 Å². The fourth-order valence-corrected chi connectivity index (χ4v) is 5.69. The molecule has 176 valence electrons. The number of nitrogens with zero attached hydrogens (tertiary/aromatic N) is 3. The SMILES string of the molecule is COCn1c(Cc2ccccc2)nc2cc(S(=O)c3ccncc3)c(OC3CCCCC3)cc21. The molecule has 4 aromatic rings. The van der Waals surface area contributed by atoms with Gasteiger partial charge < -0.3 is 14.0 Å². The molecule has 0 N–H and O–H groups in total. The van der Waals surface area contributed by atoms with E-state index in [4.69, 9.17) is 14.5 Å². The van der Waals surface area contributed by atoms with Crippen LogP contribution in [0.4, 0.5) is 0 Å². The molecule has 1 saturated carbocycles. The van der Waals surface area contributed by atoms with Gasteiger partial charge in [0.25, 0.3) is 0 Å². The molecule has 2 aromatic heterocycles. The number of rotatable bonds is 8. The number of ether oxygens (including phenoxy) is 2. The smallest absolute Gasteiger partial charge is 0.138 e. The Morgan fingerprint density at radius 3 is 2.53 bits per heavy atom. The van der Waals surface area contributed by atoms with Crippen LogP contribution in [-0.2, 0) is 28.7 Å². The largest absolute Gasteiger partial charge is 0.489 e. The van der Waals surface area contributed by atoms with E-state index >= 15 is 0 Å². The summed E-state index contributed by atoms with van der Waals surface area (Å²) in [6, 6.07) is 17.8. The lowest BCUT2D eigenvalue weighted by atomic mass is 9.98. The van der Waals surface area contributed by atoms with Gasteiger partial charge in [-0.2, -0.15) is 0 Å². The van der Waals surface area contributed by atoms with Crippen LogP contribution in [0.3, 0.4) is 0 Å². The molecule has 34 heavy (non-hydrogen) atoms. The predicted octanol–water partition coefficient (Wildman–Crippen LogP) is 5.50. The monoisotopic (exact) mass is 475 g/mol. The molecule has 1 unspecified atom stereocenters. The maximum absolute atomic E-state index is 13.6. The van der Waals surface area contributed by atoms with Crippen LogP contribution in [0, 0.1) is 0 Å². The third kappa shape index (κ3) is 4.91. The minimum Gasteiger partial charge on any atom is -0.489 e. The van der Waals surface area contributed by atoms with Crippen molar-refractivity contribution in [3.8, 4) is 5.75 Å². The summed E-state index contributed by atoms with van der Waals surface area (Å²) in [5.41, 5.74) is 2.89. The van der Waals surface area contributed by atoms with Gasteiger partial charge in [-0.25, -0.2) is 9.19 Å². The first-order valence-corrected chi connectivity index (χ1v) is 12.9. The fraction of sp³-hybridized carbons (Fsp3) is 0.333. The zero-order valence-corrected chi connectivity index (χ0v) is 20.2. The first-order chi connectivity index (χ1) is 16.7. The first kappa shape index (κ1) is 22.7. The van der Waals surface area contributed by atoms with E-state index in [0.29, 0.717) is 28.7 Å². The van der Waals surface area contributed by atoms with Crippen molar-refractivity contribution in [3.05, 3.63) is 78.4 Å². The third-order valence-corrected chi connectivity index (χ3v) is 7.68. The maximum atomic E-state index is 13.6. The van der Waals surface area contributed by atoms with Gasteiger partial charge in [0.2, 0.25) is 0 Å². The molecule has 0 amide bonds. The van der Waals surface area contributed by atoms with Gasteiger partial charge in [-0.05, 0) is 49.4 Å². The van der Waals surface area contributed by atoms with E-state index < -0.39 is 10.8 Å². The van der Waals surface area contributed by atoms with Crippen LogP contribution >= 0.6 is 0 Å². The number of fused-ring (bicyclic) bond motifs is 1. The van der Waals surface area contributed by atoms with E-state index in [1.807, 2.05) is 30.3 Å². The van der Waals surface area contributed by atoms with Gasteiger partial charge in [-0.15, -0.1) is 0 Å². The number of imidazole rings is 1. The minimum absolute atomic E-state index is 0.141. The highest BCUT2D eigenvalue weighted by atomic mass is 32.2. The van der Waals surface area contributed by atoms with E-state index in [0.717, 1.165) is 29.7 Å². The van der Waals surface area contributed by atoms with Crippen LogP contribution in [-0.4, -0.2) is 32.0 Å². The molecule has 0 radical (unpaired) electrons. The molecule has 1 atom stereocenters. The van der Waals surface area contributed by atoms with Crippen molar-refractivity contribution in [1.82, 2.24) is 14.5 Å². The zero-order chi connectivity index (χ0) is 23.3. The van der Waals surface area contributed by atoms with E-state index in [-0.39, 0.29) is 6.10 Å². The second-order valence-corrected chi connectivity index (χ2v) is 10.1. The number of pyridine rings is 1. The second kappa shape index (κ2) is 10.5. The van der Waals surface area contributed by atoms with Crippen molar-refractivity contribution in [3.63, 3.8) is 0 Å². The van der Waals surface area contributed by atoms with Gasteiger partial charge in [0.1, 0.15) is 18.3 Å². The number of aromatic nitrogens is 3. The van der Waals surface area contributed by atoms with Crippen molar-refractivity contribution in [1.29, 1.82) is 0 Å². The van der Waals surface area contributed by atoms with Crippen molar-refractivity contribution < 1.29 is 13.7 Å². The minimum atomic E-state index is -1.40. The zero-order valence-electron chi connectivity index (χ0n) is 19.4. The standard InChI is InChI=1S/C27H29N3O3S/c1-32-19-30-24-18-25(33-21-10-6-3-7-11-21)26(34(31)22-12-14-28-15-13-22)17-23(24)29-27(30)16-20-8-4-2-5-9-20/h2,4-5,8-9,12-15,17-18,21H,3,6-7,10-11,16,19H2,1H3. The van der Waals surface area contributed by atoms with Gasteiger partial charge in [0.15, 0.2) is 0 Å². The van der Waals surface area contributed by atoms with Crippen molar-refractivity contribution in [2.75, 3.05) is 7.11 Å². The molecule has 0 saturated heterocycles. The highest BCUT2D eigenvalue weighted by Gasteiger charge is 2.23. The second-order valence-electron chi connectivity index (χ2n) is 8.65. The Morgan fingerprint density at radius 2 is 1.79 bits per heavy atom. The molecule has 1 fully saturated rings. The summed E-state index contributed by atoms with van der Waals surface area (Å²) in [4.78, 5) is 10.3. The lowest BCUT2D eigenvalue weighted by molar-refractivity contribution is 0.132. The highest BCUT2D eigenvalue weighted by molar-refractivity contribution is 7.85. The van der Waals surface area contributed by atoms with E-state index in [1.54, 1.807) is 31.6 Å². The van der Waals surface area contributed by atoms with Crippen LogP contribution in [0.5, 0.6) is 5.75 Å². The number of benzene rings is 2. The number of methoxy groups -OCH3 is 1.